The first kappa shape index (κ1) is 18.5. The molecule has 1 aliphatic heterocycles. The summed E-state index contributed by atoms with van der Waals surface area (Å²) in [4.78, 5) is 21.0. The standard InChI is InChI=1S/C20H20FN7O2/c1-23-17-7-15(26-20-12(18(22)29)8-25-28(17)20)13-9-27(16-4-6-30-10-14(16)21)19-11(13)3-2-5-24-19/h2-3,5,7-9,14,16,23H,4,6,10H2,1H3,(H2,22,29)/t14-,16+/m0/s1. The van der Waals surface area contributed by atoms with Gasteiger partial charge in [-0.3, -0.25) is 4.79 Å². The molecule has 1 saturated heterocycles. The fourth-order valence-corrected chi connectivity index (χ4v) is 4.00. The Bertz CT molecular complexity index is 1260. The SMILES string of the molecule is CNc1cc(-c2cn([C@@H]3CCOC[C@@H]3F)c3ncccc23)nc2c(C(N)=O)cnn12. The zero-order valence-corrected chi connectivity index (χ0v) is 16.2. The molecule has 30 heavy (non-hydrogen) atoms. The van der Waals surface area contributed by atoms with Crippen molar-refractivity contribution in [3.63, 3.8) is 0 Å². The number of carbonyl (C=O) groups excluding carboxylic acids is 1. The van der Waals surface area contributed by atoms with Crippen LogP contribution in [0.4, 0.5) is 10.2 Å². The number of ether oxygens (including phenoxy) is 1. The van der Waals surface area contributed by atoms with Gasteiger partial charge in [-0.1, -0.05) is 0 Å². The molecule has 154 valence electrons. The Morgan fingerprint density at radius 3 is 3.03 bits per heavy atom. The molecular formula is C20H20FN7O2. The minimum Gasteiger partial charge on any atom is -0.378 e. The topological polar surface area (TPSA) is 112 Å². The molecule has 9 nitrogen and oxygen atoms in total. The average Bonchev–Trinajstić information content (AvgIpc) is 3.35. The van der Waals surface area contributed by atoms with Crippen molar-refractivity contribution >= 4 is 28.4 Å². The third-order valence-electron chi connectivity index (χ3n) is 5.47. The lowest BCUT2D eigenvalue weighted by molar-refractivity contribution is 0.00443. The second-order valence-electron chi connectivity index (χ2n) is 7.21. The van der Waals surface area contributed by atoms with E-state index < -0.39 is 12.1 Å². The second-order valence-corrected chi connectivity index (χ2v) is 7.21. The van der Waals surface area contributed by atoms with Gasteiger partial charge in [-0.2, -0.15) is 9.61 Å². The predicted octanol–water partition coefficient (Wildman–Crippen LogP) is 2.19. The van der Waals surface area contributed by atoms with E-state index in [9.17, 15) is 9.18 Å². The molecule has 1 aliphatic rings. The molecule has 3 N–H and O–H groups in total. The fourth-order valence-electron chi connectivity index (χ4n) is 4.00. The number of nitrogens with two attached hydrogens (primary N) is 1. The van der Waals surface area contributed by atoms with Gasteiger partial charge in [0, 0.05) is 43.1 Å². The smallest absolute Gasteiger partial charge is 0.254 e. The number of halogens is 1. The number of rotatable bonds is 4. The number of carbonyl (C=O) groups is 1. The van der Waals surface area contributed by atoms with E-state index in [0.29, 0.717) is 35.8 Å². The Balaban J connectivity index is 1.74. The van der Waals surface area contributed by atoms with Crippen molar-refractivity contribution in [3.05, 3.63) is 42.4 Å². The van der Waals surface area contributed by atoms with Crippen molar-refractivity contribution in [2.75, 3.05) is 25.6 Å². The van der Waals surface area contributed by atoms with Crippen LogP contribution in [0.1, 0.15) is 22.8 Å². The number of amides is 1. The van der Waals surface area contributed by atoms with Gasteiger partial charge in [0.15, 0.2) is 5.65 Å². The molecule has 5 rings (SSSR count). The molecule has 0 saturated carbocycles. The summed E-state index contributed by atoms with van der Waals surface area (Å²) in [6, 6.07) is 5.22. The second kappa shape index (κ2) is 7.06. The Morgan fingerprint density at radius 1 is 1.40 bits per heavy atom. The Kier molecular flexibility index (Phi) is 4.35. The van der Waals surface area contributed by atoms with Gasteiger partial charge in [0.25, 0.3) is 5.91 Å². The normalized spacial score (nSPS) is 19.4. The summed E-state index contributed by atoms with van der Waals surface area (Å²) in [5, 5.41) is 8.12. The first-order valence-corrected chi connectivity index (χ1v) is 9.62. The van der Waals surface area contributed by atoms with Gasteiger partial charge < -0.3 is 20.4 Å². The molecule has 0 aromatic carbocycles. The largest absolute Gasteiger partial charge is 0.378 e. The number of aromatic nitrogens is 5. The van der Waals surface area contributed by atoms with Gasteiger partial charge in [0.1, 0.15) is 23.2 Å². The Hall–Kier alpha value is -3.53. The monoisotopic (exact) mass is 409 g/mol. The van der Waals surface area contributed by atoms with Gasteiger partial charge in [-0.15, -0.1) is 0 Å². The van der Waals surface area contributed by atoms with Crippen molar-refractivity contribution < 1.29 is 13.9 Å². The molecule has 0 aliphatic carbocycles. The third-order valence-corrected chi connectivity index (χ3v) is 5.47. The summed E-state index contributed by atoms with van der Waals surface area (Å²) in [6.07, 6.45) is 4.40. The highest BCUT2D eigenvalue weighted by Gasteiger charge is 2.29. The van der Waals surface area contributed by atoms with E-state index in [-0.39, 0.29) is 18.2 Å². The van der Waals surface area contributed by atoms with Crippen LogP contribution in [0.15, 0.2) is 36.8 Å². The van der Waals surface area contributed by atoms with Gasteiger partial charge in [-0.05, 0) is 18.6 Å². The van der Waals surface area contributed by atoms with E-state index in [1.165, 1.54) is 10.7 Å². The van der Waals surface area contributed by atoms with Crippen LogP contribution in [0.25, 0.3) is 27.9 Å². The number of hydrogen-bond donors (Lipinski definition) is 2. The Labute approximate surface area is 170 Å². The van der Waals surface area contributed by atoms with Crippen LogP contribution in [0.5, 0.6) is 0 Å². The van der Waals surface area contributed by atoms with Crippen LogP contribution < -0.4 is 11.1 Å². The van der Waals surface area contributed by atoms with Crippen molar-refractivity contribution in [2.24, 2.45) is 5.73 Å². The number of nitrogens with zero attached hydrogens (tertiary/aromatic N) is 5. The first-order valence-electron chi connectivity index (χ1n) is 9.62. The summed E-state index contributed by atoms with van der Waals surface area (Å²) >= 11 is 0. The van der Waals surface area contributed by atoms with Crippen molar-refractivity contribution in [2.45, 2.75) is 18.6 Å². The maximum absolute atomic E-state index is 14.6. The van der Waals surface area contributed by atoms with Gasteiger partial charge >= 0.3 is 0 Å². The number of pyridine rings is 1. The van der Waals surface area contributed by atoms with Crippen molar-refractivity contribution in [3.8, 4) is 11.3 Å². The lowest BCUT2D eigenvalue weighted by Crippen LogP contribution is -2.31. The lowest BCUT2D eigenvalue weighted by Gasteiger charge is -2.27. The van der Waals surface area contributed by atoms with Crippen molar-refractivity contribution in [1.29, 1.82) is 0 Å². The molecule has 5 heterocycles. The van der Waals surface area contributed by atoms with Crippen LogP contribution in [-0.4, -0.2) is 56.5 Å². The lowest BCUT2D eigenvalue weighted by atomic mass is 10.1. The zero-order valence-electron chi connectivity index (χ0n) is 16.2. The molecule has 0 bridgehead atoms. The molecule has 4 aromatic rings. The summed E-state index contributed by atoms with van der Waals surface area (Å²) in [6.45, 7) is 0.567. The predicted molar refractivity (Wildman–Crippen MR) is 109 cm³/mol. The highest BCUT2D eigenvalue weighted by atomic mass is 19.1. The van der Waals surface area contributed by atoms with E-state index in [1.54, 1.807) is 13.2 Å². The van der Waals surface area contributed by atoms with E-state index in [4.69, 9.17) is 10.5 Å². The highest BCUT2D eigenvalue weighted by Crippen LogP contribution is 2.35. The molecule has 1 amide bonds. The zero-order chi connectivity index (χ0) is 20.8. The number of alkyl halides is 1. The van der Waals surface area contributed by atoms with Crippen LogP contribution >= 0.6 is 0 Å². The van der Waals surface area contributed by atoms with Gasteiger partial charge in [0.2, 0.25) is 0 Å². The molecule has 2 atom stereocenters. The molecule has 1 fully saturated rings. The van der Waals surface area contributed by atoms with Gasteiger partial charge in [0.05, 0.1) is 24.5 Å². The minimum atomic E-state index is -1.12. The molecule has 0 radical (unpaired) electrons. The molecular weight excluding hydrogens is 389 g/mol. The van der Waals surface area contributed by atoms with E-state index in [0.717, 1.165) is 10.9 Å². The average molecular weight is 409 g/mol. The maximum atomic E-state index is 14.6. The number of primary amides is 1. The van der Waals surface area contributed by atoms with E-state index in [1.807, 2.05) is 29.0 Å². The Morgan fingerprint density at radius 2 is 2.27 bits per heavy atom. The van der Waals surface area contributed by atoms with Gasteiger partial charge in [-0.25, -0.2) is 14.4 Å². The number of anilines is 1. The maximum Gasteiger partial charge on any atom is 0.254 e. The van der Waals surface area contributed by atoms with Crippen LogP contribution in [-0.2, 0) is 4.74 Å². The molecule has 4 aromatic heterocycles. The summed E-state index contributed by atoms with van der Waals surface area (Å²) in [5.74, 6) is 0.0324. The minimum absolute atomic E-state index is 0.0679. The summed E-state index contributed by atoms with van der Waals surface area (Å²) in [7, 11) is 1.75. The molecule has 0 spiro atoms. The number of nitrogens with one attached hydrogen (secondary N) is 1. The van der Waals surface area contributed by atoms with Crippen LogP contribution in [0.3, 0.4) is 0 Å². The highest BCUT2D eigenvalue weighted by molar-refractivity contribution is 6.00. The van der Waals surface area contributed by atoms with Crippen molar-refractivity contribution in [1.82, 2.24) is 24.1 Å². The first-order chi connectivity index (χ1) is 14.6. The third kappa shape index (κ3) is 2.79. The number of hydrogen-bond acceptors (Lipinski definition) is 6. The number of fused-ring (bicyclic) bond motifs is 2. The molecule has 10 heteroatoms. The fraction of sp³-hybridized carbons (Fsp3) is 0.300. The summed E-state index contributed by atoms with van der Waals surface area (Å²) < 4.78 is 23.3. The van der Waals surface area contributed by atoms with Crippen LogP contribution in [0.2, 0.25) is 0 Å². The van der Waals surface area contributed by atoms with E-state index >= 15 is 0 Å². The molecule has 0 unspecified atom stereocenters. The van der Waals surface area contributed by atoms with E-state index in [2.05, 4.69) is 20.4 Å². The quantitative estimate of drug-likeness (QED) is 0.534. The van der Waals surface area contributed by atoms with Crippen LogP contribution in [0, 0.1) is 0 Å². The summed E-state index contributed by atoms with van der Waals surface area (Å²) in [5.41, 5.74) is 8.14.